The molecule has 0 bridgehead atoms. The predicted octanol–water partition coefficient (Wildman–Crippen LogP) is 4.93. The smallest absolute Gasteiger partial charge is 0.338 e. The Labute approximate surface area is 178 Å². The van der Waals surface area contributed by atoms with E-state index in [-0.39, 0.29) is 17.6 Å². The molecule has 2 aromatic carbocycles. The van der Waals surface area contributed by atoms with E-state index in [4.69, 9.17) is 16.3 Å². The fraction of sp³-hybridized carbons (Fsp3) is 0.286. The van der Waals surface area contributed by atoms with Gasteiger partial charge in [-0.25, -0.2) is 9.78 Å². The average Bonchev–Trinajstić information content (AvgIpc) is 3.05. The normalized spacial score (nSPS) is 10.9. The van der Waals surface area contributed by atoms with Crippen molar-refractivity contribution in [2.24, 2.45) is 0 Å². The first-order chi connectivity index (χ1) is 13.9. The van der Waals surface area contributed by atoms with E-state index >= 15 is 0 Å². The quantitative estimate of drug-likeness (QED) is 0.424. The van der Waals surface area contributed by atoms with Crippen molar-refractivity contribution >= 4 is 52.0 Å². The summed E-state index contributed by atoms with van der Waals surface area (Å²) in [6.07, 6.45) is 0. The van der Waals surface area contributed by atoms with Crippen LogP contribution in [0, 0.1) is 6.92 Å². The summed E-state index contributed by atoms with van der Waals surface area (Å²) in [5.41, 5.74) is 3.68. The Kier molecular flexibility index (Phi) is 6.82. The standard InChI is InChI=1S/C21H22ClN3O3S/c1-4-25-18-9-7-14(20(27)28-5-2)11-17(18)24-21(25)29-12-19(26)23-16-8-6-13(3)10-15(16)22/h6-11H,4-5,12H2,1-3H3,(H,23,26). The molecule has 0 aliphatic rings. The zero-order valence-electron chi connectivity index (χ0n) is 16.5. The van der Waals surface area contributed by atoms with Gasteiger partial charge in [-0.15, -0.1) is 0 Å². The fourth-order valence-corrected chi connectivity index (χ4v) is 4.06. The molecule has 6 nitrogen and oxygen atoms in total. The van der Waals surface area contributed by atoms with Crippen LogP contribution >= 0.6 is 23.4 Å². The highest BCUT2D eigenvalue weighted by atomic mass is 35.5. The number of aromatic nitrogens is 2. The third-order valence-corrected chi connectivity index (χ3v) is 5.56. The Balaban J connectivity index is 1.75. The summed E-state index contributed by atoms with van der Waals surface area (Å²) in [4.78, 5) is 28.9. The number of halogens is 1. The molecule has 152 valence electrons. The maximum Gasteiger partial charge on any atom is 0.338 e. The molecule has 3 aromatic rings. The lowest BCUT2D eigenvalue weighted by Crippen LogP contribution is -2.15. The number of carbonyl (C=O) groups excluding carboxylic acids is 2. The molecule has 3 rings (SSSR count). The minimum absolute atomic E-state index is 0.164. The van der Waals surface area contributed by atoms with E-state index in [1.807, 2.05) is 36.6 Å². The molecule has 8 heteroatoms. The van der Waals surface area contributed by atoms with E-state index < -0.39 is 0 Å². The maximum atomic E-state index is 12.4. The van der Waals surface area contributed by atoms with Crippen LogP contribution in [-0.4, -0.2) is 33.8 Å². The first-order valence-corrected chi connectivity index (χ1v) is 10.7. The zero-order valence-corrected chi connectivity index (χ0v) is 18.1. The van der Waals surface area contributed by atoms with Gasteiger partial charge in [0.2, 0.25) is 5.91 Å². The van der Waals surface area contributed by atoms with Gasteiger partial charge in [-0.1, -0.05) is 29.4 Å². The van der Waals surface area contributed by atoms with Crippen LogP contribution in [0.4, 0.5) is 5.69 Å². The Morgan fingerprint density at radius 2 is 2.00 bits per heavy atom. The highest BCUT2D eigenvalue weighted by molar-refractivity contribution is 7.99. The van der Waals surface area contributed by atoms with Crippen LogP contribution in [-0.2, 0) is 16.1 Å². The molecule has 0 saturated heterocycles. The van der Waals surface area contributed by atoms with E-state index in [2.05, 4.69) is 10.3 Å². The number of imidazole rings is 1. The fourth-order valence-electron chi connectivity index (χ4n) is 2.90. The zero-order chi connectivity index (χ0) is 21.0. The lowest BCUT2D eigenvalue weighted by molar-refractivity contribution is -0.113. The third kappa shape index (κ3) is 4.92. The van der Waals surface area contributed by atoms with Crippen molar-refractivity contribution in [3.8, 4) is 0 Å². The number of nitrogens with zero attached hydrogens (tertiary/aromatic N) is 2. The number of aryl methyl sites for hydroxylation is 2. The first-order valence-electron chi connectivity index (χ1n) is 9.29. The van der Waals surface area contributed by atoms with Crippen molar-refractivity contribution in [2.75, 3.05) is 17.7 Å². The summed E-state index contributed by atoms with van der Waals surface area (Å²) in [6.45, 7) is 6.74. The van der Waals surface area contributed by atoms with Crippen LogP contribution in [0.2, 0.25) is 5.02 Å². The summed E-state index contributed by atoms with van der Waals surface area (Å²) in [5.74, 6) is -0.343. The van der Waals surface area contributed by atoms with Gasteiger partial charge in [-0.3, -0.25) is 4.79 Å². The first kappa shape index (κ1) is 21.2. The number of thioether (sulfide) groups is 1. The molecule has 0 saturated carbocycles. The number of hydrogen-bond acceptors (Lipinski definition) is 5. The van der Waals surface area contributed by atoms with Gasteiger partial charge in [0, 0.05) is 6.54 Å². The molecule has 1 heterocycles. The molecule has 0 aliphatic carbocycles. The second-order valence-corrected chi connectivity index (χ2v) is 7.73. The van der Waals surface area contributed by atoms with Crippen LogP contribution in [0.25, 0.3) is 11.0 Å². The van der Waals surface area contributed by atoms with Crippen LogP contribution in [0.3, 0.4) is 0 Å². The van der Waals surface area contributed by atoms with E-state index in [9.17, 15) is 9.59 Å². The van der Waals surface area contributed by atoms with Gasteiger partial charge < -0.3 is 14.6 Å². The van der Waals surface area contributed by atoms with Crippen LogP contribution in [0.1, 0.15) is 29.8 Å². The van der Waals surface area contributed by atoms with Crippen molar-refractivity contribution in [1.29, 1.82) is 0 Å². The number of nitrogens with one attached hydrogen (secondary N) is 1. The Morgan fingerprint density at radius 1 is 1.21 bits per heavy atom. The average molecular weight is 432 g/mol. The number of rotatable bonds is 7. The highest BCUT2D eigenvalue weighted by Gasteiger charge is 2.15. The van der Waals surface area contributed by atoms with Crippen LogP contribution in [0.5, 0.6) is 0 Å². The molecular formula is C21H22ClN3O3S. The number of esters is 1. The second kappa shape index (κ2) is 9.33. The van der Waals surface area contributed by atoms with Gasteiger partial charge in [0.15, 0.2) is 5.16 Å². The molecule has 0 radical (unpaired) electrons. The molecule has 0 fully saturated rings. The molecule has 1 aromatic heterocycles. The Morgan fingerprint density at radius 3 is 2.69 bits per heavy atom. The number of carbonyl (C=O) groups is 2. The van der Waals surface area contributed by atoms with E-state index in [0.29, 0.717) is 40.1 Å². The van der Waals surface area contributed by atoms with Gasteiger partial charge in [-0.05, 0) is 56.7 Å². The monoisotopic (exact) mass is 431 g/mol. The van der Waals surface area contributed by atoms with Crippen molar-refractivity contribution in [1.82, 2.24) is 9.55 Å². The van der Waals surface area contributed by atoms with Gasteiger partial charge in [0.05, 0.1) is 39.7 Å². The second-order valence-electron chi connectivity index (χ2n) is 6.38. The van der Waals surface area contributed by atoms with Crippen molar-refractivity contribution in [3.05, 3.63) is 52.5 Å². The topological polar surface area (TPSA) is 73.2 Å². The Hall–Kier alpha value is -2.51. The summed E-state index contributed by atoms with van der Waals surface area (Å²) in [7, 11) is 0. The number of ether oxygens (including phenoxy) is 1. The van der Waals surface area contributed by atoms with Gasteiger partial charge in [0.1, 0.15) is 0 Å². The molecule has 0 spiro atoms. The molecule has 0 aliphatic heterocycles. The molecule has 1 N–H and O–H groups in total. The van der Waals surface area contributed by atoms with Crippen molar-refractivity contribution in [3.63, 3.8) is 0 Å². The van der Waals surface area contributed by atoms with Crippen molar-refractivity contribution < 1.29 is 14.3 Å². The summed E-state index contributed by atoms with van der Waals surface area (Å²) < 4.78 is 7.07. The minimum atomic E-state index is -0.371. The third-order valence-electron chi connectivity index (χ3n) is 4.27. The molecule has 0 unspecified atom stereocenters. The van der Waals surface area contributed by atoms with Crippen LogP contribution < -0.4 is 5.32 Å². The van der Waals surface area contributed by atoms with E-state index in [1.165, 1.54) is 11.8 Å². The van der Waals surface area contributed by atoms with Gasteiger partial charge in [-0.2, -0.15) is 0 Å². The summed E-state index contributed by atoms with van der Waals surface area (Å²) >= 11 is 7.52. The predicted molar refractivity (Wildman–Crippen MR) is 117 cm³/mol. The minimum Gasteiger partial charge on any atom is -0.462 e. The van der Waals surface area contributed by atoms with Gasteiger partial charge in [0.25, 0.3) is 0 Å². The number of anilines is 1. The molecule has 1 amide bonds. The molecule has 0 atom stereocenters. The number of hydrogen-bond donors (Lipinski definition) is 1. The lowest BCUT2D eigenvalue weighted by atomic mass is 10.2. The SMILES string of the molecule is CCOC(=O)c1ccc2c(c1)nc(SCC(=O)Nc1ccc(C)cc1Cl)n2CC. The summed E-state index contributed by atoms with van der Waals surface area (Å²) in [6, 6.07) is 10.8. The number of fused-ring (bicyclic) bond motifs is 1. The van der Waals surface area contributed by atoms with E-state index in [1.54, 1.807) is 25.1 Å². The number of benzene rings is 2. The van der Waals surface area contributed by atoms with Crippen LogP contribution in [0.15, 0.2) is 41.6 Å². The van der Waals surface area contributed by atoms with Gasteiger partial charge >= 0.3 is 5.97 Å². The maximum absolute atomic E-state index is 12.4. The highest BCUT2D eigenvalue weighted by Crippen LogP contribution is 2.26. The molecule has 29 heavy (non-hydrogen) atoms. The van der Waals surface area contributed by atoms with Crippen molar-refractivity contribution in [2.45, 2.75) is 32.5 Å². The summed E-state index contributed by atoms with van der Waals surface area (Å²) in [5, 5.41) is 4.05. The Bertz CT molecular complexity index is 1060. The van der Waals surface area contributed by atoms with E-state index in [0.717, 1.165) is 11.1 Å². The largest absolute Gasteiger partial charge is 0.462 e. The number of amides is 1. The lowest BCUT2D eigenvalue weighted by Gasteiger charge is -2.08. The molecular weight excluding hydrogens is 410 g/mol.